The minimum Gasteiger partial charge on any atom is -0.406 e. The Morgan fingerprint density at radius 1 is 0.889 bits per heavy atom. The van der Waals surface area contributed by atoms with E-state index >= 15 is 0 Å². The molecule has 5 rings (SSSR count). The predicted octanol–water partition coefficient (Wildman–Crippen LogP) is 3.41. The van der Waals surface area contributed by atoms with Crippen LogP contribution in [0.15, 0.2) is 72.1 Å². The number of halogens is 6. The van der Waals surface area contributed by atoms with E-state index in [-0.39, 0.29) is 36.7 Å². The molecule has 0 radical (unpaired) electrons. The van der Waals surface area contributed by atoms with E-state index in [2.05, 4.69) is 34.7 Å². The van der Waals surface area contributed by atoms with Crippen LogP contribution in [0.5, 0.6) is 11.5 Å². The van der Waals surface area contributed by atoms with Gasteiger partial charge < -0.3 is 19.7 Å². The van der Waals surface area contributed by atoms with Gasteiger partial charge in [-0.2, -0.15) is 4.31 Å². The maximum atomic E-state index is 13.7. The number of fused-ring (bicyclic) bond motifs is 1. The summed E-state index contributed by atoms with van der Waals surface area (Å²) in [6.45, 7) is -0.548. The molecule has 19 heteroatoms. The second kappa shape index (κ2) is 12.3. The van der Waals surface area contributed by atoms with E-state index in [4.69, 9.17) is 0 Å². The first-order valence-corrected chi connectivity index (χ1v) is 14.3. The molecular weight excluding hydrogens is 636 g/mol. The van der Waals surface area contributed by atoms with Crippen LogP contribution in [-0.2, 0) is 21.4 Å². The molecule has 12 nitrogen and oxygen atoms in total. The molecule has 2 aromatic heterocycles. The molecule has 0 spiro atoms. The maximum Gasteiger partial charge on any atom is 0.573 e. The smallest absolute Gasteiger partial charge is 0.406 e. The van der Waals surface area contributed by atoms with Gasteiger partial charge in [0.2, 0.25) is 15.9 Å². The number of amides is 1. The van der Waals surface area contributed by atoms with Gasteiger partial charge in [-0.05, 0) is 42.0 Å². The average molecular weight is 658 g/mol. The van der Waals surface area contributed by atoms with Crippen molar-refractivity contribution in [1.82, 2.24) is 29.6 Å². The van der Waals surface area contributed by atoms with Crippen molar-refractivity contribution in [2.75, 3.05) is 24.5 Å². The Hall–Kier alpha value is -4.78. The van der Waals surface area contributed by atoms with Crippen LogP contribution in [-0.4, -0.2) is 77.0 Å². The van der Waals surface area contributed by atoms with Crippen LogP contribution in [0.3, 0.4) is 0 Å². The highest BCUT2D eigenvalue weighted by Crippen LogP contribution is 2.28. The first kappa shape index (κ1) is 31.6. The SMILES string of the molecule is O=C(NCc1ccc(OC(F)(F)F)cc1)[C@H]1CN(c2cnc3cncnc3n2)CCN1S(=O)(=O)c1ccc(OC(F)(F)F)cc1. The van der Waals surface area contributed by atoms with Gasteiger partial charge >= 0.3 is 12.7 Å². The second-order valence-electron chi connectivity index (χ2n) is 9.47. The number of carbonyl (C=O) groups excluding carboxylic acids is 1. The fraction of sp³-hybridized carbons (Fsp3) is 0.269. The van der Waals surface area contributed by atoms with Crippen LogP contribution >= 0.6 is 0 Å². The number of alkyl halides is 6. The van der Waals surface area contributed by atoms with Gasteiger partial charge in [0.25, 0.3) is 0 Å². The molecule has 0 unspecified atom stereocenters. The van der Waals surface area contributed by atoms with Crippen molar-refractivity contribution in [1.29, 1.82) is 0 Å². The molecule has 1 saturated heterocycles. The third kappa shape index (κ3) is 7.85. The molecule has 1 N–H and O–H groups in total. The van der Waals surface area contributed by atoms with Crippen molar-refractivity contribution in [3.8, 4) is 11.5 Å². The van der Waals surface area contributed by atoms with Crippen molar-refractivity contribution < 1.29 is 49.0 Å². The van der Waals surface area contributed by atoms with Crippen LogP contribution in [0.25, 0.3) is 11.2 Å². The summed E-state index contributed by atoms with van der Waals surface area (Å²) in [5, 5.41) is 2.59. The molecule has 1 amide bonds. The van der Waals surface area contributed by atoms with E-state index in [1.165, 1.54) is 30.9 Å². The minimum atomic E-state index is -4.98. The minimum absolute atomic E-state index is 0.0597. The molecule has 0 saturated carbocycles. The predicted molar refractivity (Wildman–Crippen MR) is 143 cm³/mol. The number of piperazine rings is 1. The molecular formula is C26H21F6N7O5S. The molecule has 1 aliphatic heterocycles. The number of aromatic nitrogens is 4. The van der Waals surface area contributed by atoms with E-state index in [9.17, 15) is 39.6 Å². The summed E-state index contributed by atoms with van der Waals surface area (Å²) >= 11 is 0. The zero-order valence-electron chi connectivity index (χ0n) is 22.7. The molecule has 4 aromatic rings. The number of benzene rings is 2. The van der Waals surface area contributed by atoms with Gasteiger partial charge in [0.15, 0.2) is 5.65 Å². The van der Waals surface area contributed by atoms with Gasteiger partial charge in [0, 0.05) is 26.2 Å². The molecule has 238 valence electrons. The Kier molecular flexibility index (Phi) is 8.66. The highest BCUT2D eigenvalue weighted by molar-refractivity contribution is 7.89. The first-order chi connectivity index (χ1) is 21.2. The maximum absolute atomic E-state index is 13.7. The molecule has 0 aliphatic carbocycles. The van der Waals surface area contributed by atoms with Gasteiger partial charge in [-0.3, -0.25) is 4.79 Å². The van der Waals surface area contributed by atoms with E-state index in [0.29, 0.717) is 16.9 Å². The number of anilines is 1. The Morgan fingerprint density at radius 3 is 2.13 bits per heavy atom. The average Bonchev–Trinajstić information content (AvgIpc) is 2.98. The highest BCUT2D eigenvalue weighted by Gasteiger charge is 2.41. The summed E-state index contributed by atoms with van der Waals surface area (Å²) in [6.07, 6.45) is -5.73. The number of rotatable bonds is 8. The Morgan fingerprint density at radius 2 is 1.51 bits per heavy atom. The monoisotopic (exact) mass is 657 g/mol. The lowest BCUT2D eigenvalue weighted by atomic mass is 10.1. The van der Waals surface area contributed by atoms with Crippen molar-refractivity contribution >= 4 is 32.9 Å². The summed E-state index contributed by atoms with van der Waals surface area (Å²) in [4.78, 5) is 31.3. The number of ether oxygens (including phenoxy) is 2. The summed E-state index contributed by atoms with van der Waals surface area (Å²) in [6, 6.07) is 6.86. The first-order valence-electron chi connectivity index (χ1n) is 12.9. The number of carbonyl (C=O) groups is 1. The number of nitrogens with one attached hydrogen (secondary N) is 1. The van der Waals surface area contributed by atoms with Gasteiger partial charge in [-0.15, -0.1) is 26.3 Å². The molecule has 0 bridgehead atoms. The Bertz CT molecular complexity index is 1770. The van der Waals surface area contributed by atoms with Crippen LogP contribution in [0.1, 0.15) is 5.56 Å². The second-order valence-corrected chi connectivity index (χ2v) is 11.4. The number of hydrogen-bond donors (Lipinski definition) is 1. The van der Waals surface area contributed by atoms with Crippen LogP contribution in [0, 0.1) is 0 Å². The molecule has 45 heavy (non-hydrogen) atoms. The molecule has 3 heterocycles. The van der Waals surface area contributed by atoms with Gasteiger partial charge in [-0.25, -0.2) is 28.4 Å². The van der Waals surface area contributed by atoms with Crippen molar-refractivity contribution in [2.45, 2.75) is 30.2 Å². The van der Waals surface area contributed by atoms with Gasteiger partial charge in [-0.1, -0.05) is 12.1 Å². The number of nitrogens with zero attached hydrogens (tertiary/aromatic N) is 6. The summed E-state index contributed by atoms with van der Waals surface area (Å²) in [5.41, 5.74) is 1.05. The molecule has 1 fully saturated rings. The van der Waals surface area contributed by atoms with Crippen LogP contribution in [0.2, 0.25) is 0 Å². The number of hydrogen-bond acceptors (Lipinski definition) is 10. The zero-order chi connectivity index (χ0) is 32.4. The Labute approximate surface area is 250 Å². The zero-order valence-corrected chi connectivity index (χ0v) is 23.5. The van der Waals surface area contributed by atoms with Gasteiger partial charge in [0.1, 0.15) is 35.2 Å². The normalized spacial score (nSPS) is 16.4. The standard InChI is InChI=1S/C26H21F6N7O5S/c27-25(28,29)43-17-3-1-16(2-4-17)11-35-24(40)21-14-38(22-13-34-20-12-33-15-36-23(20)37-22)9-10-39(21)45(41,42)19-7-5-18(6-8-19)44-26(30,31)32/h1-8,12-13,15,21H,9-11,14H2,(H,35,40)/t21-/m1/s1. The third-order valence-corrected chi connectivity index (χ3v) is 8.38. The van der Waals surface area contributed by atoms with E-state index in [1.54, 1.807) is 4.90 Å². The lowest BCUT2D eigenvalue weighted by Gasteiger charge is -2.40. The molecule has 1 atom stereocenters. The Balaban J connectivity index is 1.38. The van der Waals surface area contributed by atoms with Crippen LogP contribution in [0.4, 0.5) is 32.2 Å². The van der Waals surface area contributed by atoms with E-state index < -0.39 is 46.2 Å². The largest absolute Gasteiger partial charge is 0.573 e. The summed E-state index contributed by atoms with van der Waals surface area (Å²) < 4.78 is 111. The van der Waals surface area contributed by atoms with Crippen molar-refractivity contribution in [3.63, 3.8) is 0 Å². The van der Waals surface area contributed by atoms with Crippen molar-refractivity contribution in [2.24, 2.45) is 0 Å². The highest BCUT2D eigenvalue weighted by atomic mass is 32.2. The molecule has 1 aliphatic rings. The van der Waals surface area contributed by atoms with Crippen molar-refractivity contribution in [3.05, 3.63) is 72.8 Å². The fourth-order valence-electron chi connectivity index (χ4n) is 4.45. The summed E-state index contributed by atoms with van der Waals surface area (Å²) in [7, 11) is -4.43. The fourth-order valence-corrected chi connectivity index (χ4v) is 6.02. The summed E-state index contributed by atoms with van der Waals surface area (Å²) in [5.74, 6) is -1.56. The van der Waals surface area contributed by atoms with Crippen LogP contribution < -0.4 is 19.7 Å². The topological polar surface area (TPSA) is 140 Å². The third-order valence-electron chi connectivity index (χ3n) is 6.46. The van der Waals surface area contributed by atoms with E-state index in [1.807, 2.05) is 0 Å². The quantitative estimate of drug-likeness (QED) is 0.281. The lowest BCUT2D eigenvalue weighted by molar-refractivity contribution is -0.275. The molecule has 2 aromatic carbocycles. The van der Waals surface area contributed by atoms with E-state index in [0.717, 1.165) is 40.7 Å². The number of sulfonamides is 1. The lowest BCUT2D eigenvalue weighted by Crippen LogP contribution is -2.60. The van der Waals surface area contributed by atoms with Gasteiger partial charge in [0.05, 0.1) is 17.3 Å².